The van der Waals surface area contributed by atoms with E-state index >= 15 is 0 Å². The summed E-state index contributed by atoms with van der Waals surface area (Å²) in [6.07, 6.45) is 1.72. The second kappa shape index (κ2) is 6.78. The average Bonchev–Trinajstić information content (AvgIpc) is 2.83. The lowest BCUT2D eigenvalue weighted by atomic mass is 10.2. The van der Waals surface area contributed by atoms with E-state index in [4.69, 9.17) is 16.3 Å². The molecular weight excluding hydrogens is 270 g/mol. The first-order valence-electron chi connectivity index (χ1n) is 5.54. The largest absolute Gasteiger partial charge is 0.383 e. The predicted molar refractivity (Wildman–Crippen MR) is 72.9 cm³/mol. The van der Waals surface area contributed by atoms with Crippen molar-refractivity contribution in [1.82, 2.24) is 14.8 Å². The van der Waals surface area contributed by atoms with E-state index in [1.165, 1.54) is 0 Å². The Morgan fingerprint density at radius 1 is 1.39 bits per heavy atom. The maximum absolute atomic E-state index is 6.11. The first-order chi connectivity index (χ1) is 8.81. The Morgan fingerprint density at radius 3 is 3.00 bits per heavy atom. The monoisotopic (exact) mass is 283 g/mol. The molecule has 1 heterocycles. The molecule has 4 nitrogen and oxygen atoms in total. The second-order valence-corrected chi connectivity index (χ2v) is 5.03. The van der Waals surface area contributed by atoms with Crippen LogP contribution in [0.25, 0.3) is 0 Å². The summed E-state index contributed by atoms with van der Waals surface area (Å²) >= 11 is 7.73. The second-order valence-electron chi connectivity index (χ2n) is 3.68. The molecule has 1 aromatic heterocycles. The lowest BCUT2D eigenvalue weighted by molar-refractivity contribution is 0.184. The van der Waals surface area contributed by atoms with Gasteiger partial charge in [-0.05, 0) is 11.6 Å². The van der Waals surface area contributed by atoms with Crippen molar-refractivity contribution < 1.29 is 4.74 Å². The number of hydrogen-bond acceptors (Lipinski definition) is 4. The molecule has 0 fully saturated rings. The van der Waals surface area contributed by atoms with Crippen LogP contribution in [-0.2, 0) is 17.0 Å². The lowest BCUT2D eigenvalue weighted by Gasteiger charge is -2.06. The van der Waals surface area contributed by atoms with E-state index in [2.05, 4.69) is 10.2 Å². The zero-order valence-electron chi connectivity index (χ0n) is 10.0. The number of benzene rings is 1. The van der Waals surface area contributed by atoms with Gasteiger partial charge in [-0.3, -0.25) is 0 Å². The quantitative estimate of drug-likeness (QED) is 0.764. The van der Waals surface area contributed by atoms with E-state index < -0.39 is 0 Å². The minimum atomic E-state index is 0.650. The molecule has 0 N–H and O–H groups in total. The van der Waals surface area contributed by atoms with Gasteiger partial charge >= 0.3 is 0 Å². The molecule has 2 aromatic rings. The van der Waals surface area contributed by atoms with Gasteiger partial charge in [-0.15, -0.1) is 10.2 Å². The summed E-state index contributed by atoms with van der Waals surface area (Å²) in [6, 6.07) is 7.83. The first kappa shape index (κ1) is 13.4. The molecule has 6 heteroatoms. The fourth-order valence-electron chi connectivity index (χ4n) is 1.46. The van der Waals surface area contributed by atoms with Crippen molar-refractivity contribution in [2.45, 2.75) is 17.5 Å². The molecule has 0 saturated carbocycles. The van der Waals surface area contributed by atoms with Crippen molar-refractivity contribution in [3.05, 3.63) is 41.2 Å². The van der Waals surface area contributed by atoms with Gasteiger partial charge in [0.1, 0.15) is 6.33 Å². The standard InChI is InChI=1S/C12H14ClN3OS/c1-17-7-6-16-9-14-15-12(16)18-8-10-4-2-3-5-11(10)13/h2-5,9H,6-8H2,1H3. The van der Waals surface area contributed by atoms with Gasteiger partial charge in [0.25, 0.3) is 0 Å². The van der Waals surface area contributed by atoms with Gasteiger partial charge in [0.2, 0.25) is 0 Å². The van der Waals surface area contributed by atoms with Crippen LogP contribution in [0.5, 0.6) is 0 Å². The van der Waals surface area contributed by atoms with Crippen LogP contribution in [0, 0.1) is 0 Å². The lowest BCUT2D eigenvalue weighted by Crippen LogP contribution is -2.04. The molecule has 0 spiro atoms. The van der Waals surface area contributed by atoms with Gasteiger partial charge in [0, 0.05) is 24.4 Å². The van der Waals surface area contributed by atoms with Gasteiger partial charge in [-0.25, -0.2) is 0 Å². The van der Waals surface area contributed by atoms with Crippen molar-refractivity contribution >= 4 is 23.4 Å². The summed E-state index contributed by atoms with van der Waals surface area (Å²) in [5.41, 5.74) is 1.10. The minimum Gasteiger partial charge on any atom is -0.383 e. The van der Waals surface area contributed by atoms with Crippen molar-refractivity contribution in [1.29, 1.82) is 0 Å². The summed E-state index contributed by atoms with van der Waals surface area (Å²) in [5.74, 6) is 0.783. The third-order valence-corrected chi connectivity index (χ3v) is 3.83. The zero-order chi connectivity index (χ0) is 12.8. The average molecular weight is 284 g/mol. The molecule has 0 aliphatic rings. The third kappa shape index (κ3) is 3.48. The Hall–Kier alpha value is -1.04. The molecule has 0 unspecified atom stereocenters. The number of ether oxygens (including phenoxy) is 1. The van der Waals surface area contributed by atoms with Gasteiger partial charge < -0.3 is 9.30 Å². The van der Waals surface area contributed by atoms with Crippen LogP contribution >= 0.6 is 23.4 Å². The molecule has 0 amide bonds. The molecule has 0 bridgehead atoms. The normalized spacial score (nSPS) is 10.8. The Balaban J connectivity index is 1.98. The Bertz CT molecular complexity index is 504. The number of aromatic nitrogens is 3. The van der Waals surface area contributed by atoms with E-state index in [-0.39, 0.29) is 0 Å². The SMILES string of the molecule is COCCn1cnnc1SCc1ccccc1Cl. The van der Waals surface area contributed by atoms with Crippen LogP contribution in [0.2, 0.25) is 5.02 Å². The summed E-state index contributed by atoms with van der Waals surface area (Å²) in [4.78, 5) is 0. The van der Waals surface area contributed by atoms with Crippen LogP contribution in [0.4, 0.5) is 0 Å². The van der Waals surface area contributed by atoms with Crippen LogP contribution < -0.4 is 0 Å². The number of thioether (sulfide) groups is 1. The maximum atomic E-state index is 6.11. The van der Waals surface area contributed by atoms with E-state index in [1.807, 2.05) is 28.8 Å². The van der Waals surface area contributed by atoms with Crippen molar-refractivity contribution in [3.63, 3.8) is 0 Å². The van der Waals surface area contributed by atoms with Crippen molar-refractivity contribution in [2.75, 3.05) is 13.7 Å². The number of nitrogens with zero attached hydrogens (tertiary/aromatic N) is 3. The number of halogens is 1. The van der Waals surface area contributed by atoms with Crippen LogP contribution in [-0.4, -0.2) is 28.5 Å². The third-order valence-electron chi connectivity index (χ3n) is 2.43. The van der Waals surface area contributed by atoms with E-state index in [9.17, 15) is 0 Å². The molecule has 1 aromatic carbocycles. The van der Waals surface area contributed by atoms with Crippen LogP contribution in [0.1, 0.15) is 5.56 Å². The summed E-state index contributed by atoms with van der Waals surface area (Å²) in [6.45, 7) is 1.41. The molecule has 18 heavy (non-hydrogen) atoms. The fourth-order valence-corrected chi connectivity index (χ4v) is 2.68. The maximum Gasteiger partial charge on any atom is 0.191 e. The van der Waals surface area contributed by atoms with E-state index in [0.717, 1.165) is 28.0 Å². The highest BCUT2D eigenvalue weighted by Gasteiger charge is 2.06. The Kier molecular flexibility index (Phi) is 5.04. The molecule has 0 aliphatic carbocycles. The highest BCUT2D eigenvalue weighted by molar-refractivity contribution is 7.98. The topological polar surface area (TPSA) is 39.9 Å². The first-order valence-corrected chi connectivity index (χ1v) is 6.90. The molecule has 96 valence electrons. The molecule has 0 atom stereocenters. The molecule has 0 radical (unpaired) electrons. The summed E-state index contributed by atoms with van der Waals surface area (Å²) < 4.78 is 7.02. The molecule has 0 saturated heterocycles. The van der Waals surface area contributed by atoms with Gasteiger partial charge in [-0.2, -0.15) is 0 Å². The van der Waals surface area contributed by atoms with E-state index in [1.54, 1.807) is 25.2 Å². The molecule has 0 aliphatic heterocycles. The van der Waals surface area contributed by atoms with Gasteiger partial charge in [-0.1, -0.05) is 41.6 Å². The van der Waals surface area contributed by atoms with Crippen LogP contribution in [0.3, 0.4) is 0 Å². The van der Waals surface area contributed by atoms with Gasteiger partial charge in [0.15, 0.2) is 5.16 Å². The number of methoxy groups -OCH3 is 1. The highest BCUT2D eigenvalue weighted by Crippen LogP contribution is 2.25. The highest BCUT2D eigenvalue weighted by atomic mass is 35.5. The fraction of sp³-hybridized carbons (Fsp3) is 0.333. The van der Waals surface area contributed by atoms with E-state index in [0.29, 0.717) is 6.61 Å². The molecule has 2 rings (SSSR count). The number of hydrogen-bond donors (Lipinski definition) is 0. The van der Waals surface area contributed by atoms with Crippen molar-refractivity contribution in [3.8, 4) is 0 Å². The summed E-state index contributed by atoms with van der Waals surface area (Å²) in [5, 5.41) is 9.67. The predicted octanol–water partition coefficient (Wildman–Crippen LogP) is 2.87. The van der Waals surface area contributed by atoms with Crippen molar-refractivity contribution in [2.24, 2.45) is 0 Å². The Labute approximate surface area is 115 Å². The Morgan fingerprint density at radius 2 is 2.22 bits per heavy atom. The summed E-state index contributed by atoms with van der Waals surface area (Å²) in [7, 11) is 1.68. The smallest absolute Gasteiger partial charge is 0.191 e. The van der Waals surface area contributed by atoms with Gasteiger partial charge in [0.05, 0.1) is 6.61 Å². The zero-order valence-corrected chi connectivity index (χ0v) is 11.6. The van der Waals surface area contributed by atoms with Crippen LogP contribution in [0.15, 0.2) is 35.7 Å². The molecular formula is C12H14ClN3OS. The minimum absolute atomic E-state index is 0.650. The number of rotatable bonds is 6.